The van der Waals surface area contributed by atoms with E-state index in [-0.39, 0.29) is 24.8 Å². The molecule has 0 nitrogen and oxygen atoms in total. The van der Waals surface area contributed by atoms with Gasteiger partial charge >= 0.3 is 30.2 Å². The van der Waals surface area contributed by atoms with E-state index < -0.39 is 0 Å². The van der Waals surface area contributed by atoms with Crippen molar-refractivity contribution >= 4 is 31.7 Å². The molecule has 0 amide bonds. The first kappa shape index (κ1) is 33.5. The Balaban J connectivity index is 0.000000446. The van der Waals surface area contributed by atoms with E-state index in [9.17, 15) is 0 Å². The number of hydrogen-bond donors (Lipinski definition) is 0. The van der Waals surface area contributed by atoms with Gasteiger partial charge in [-0.3, -0.25) is 0 Å². The van der Waals surface area contributed by atoms with Gasteiger partial charge in [-0.25, -0.2) is 0 Å². The molecule has 0 N–H and O–H groups in total. The van der Waals surface area contributed by atoms with Crippen molar-refractivity contribution in [2.75, 3.05) is 0 Å². The molecule has 0 saturated heterocycles. The van der Waals surface area contributed by atoms with Crippen molar-refractivity contribution in [3.63, 3.8) is 0 Å². The smallest absolute Gasteiger partial charge is 0.0723 e. The third kappa shape index (κ3) is 14.2. The van der Waals surface area contributed by atoms with Crippen LogP contribution >= 0.6 is 24.8 Å². The first-order valence-electron chi connectivity index (χ1n) is 10.8. The Bertz CT molecular complexity index is 997. The molecule has 0 radical (unpaired) electrons. The first-order chi connectivity index (χ1) is 16.9. The average molecular weight is 603 g/mol. The second kappa shape index (κ2) is 23.0. The van der Waals surface area contributed by atoms with Crippen molar-refractivity contribution in [1.29, 1.82) is 0 Å². The third-order valence-electron chi connectivity index (χ3n) is 4.36. The van der Waals surface area contributed by atoms with Crippen LogP contribution < -0.4 is 0 Å². The number of fused-ring (bicyclic) bond motifs is 2. The molecule has 2 aromatic rings. The monoisotopic (exact) mass is 600 g/mol. The third-order valence-corrected chi connectivity index (χ3v) is 4.36. The van der Waals surface area contributed by atoms with Gasteiger partial charge in [0, 0.05) is 0 Å². The van der Waals surface area contributed by atoms with Gasteiger partial charge in [-0.2, -0.15) is 108 Å². The van der Waals surface area contributed by atoms with Crippen LogP contribution in [0.4, 0.5) is 0 Å². The molecule has 4 aliphatic rings. The summed E-state index contributed by atoms with van der Waals surface area (Å²) >= 11 is 1.58. The predicted octanol–water partition coefficient (Wildman–Crippen LogP) is 8.08. The standard InChI is InChI=1S/2C10H7.2C6H5.2ClH.H2Si.Zr/c2*1-2-5-9-7-4-8-10(9)6-3-1;2*1-2-4-6-5-3-1;;;;/h2*1-7H;2*1-5H;2*1H;1H2;/q4*-1;;;;. The van der Waals surface area contributed by atoms with Crippen molar-refractivity contribution in [2.24, 2.45) is 0 Å². The maximum Gasteiger partial charge on any atom is -0.0723 e. The fourth-order valence-electron chi connectivity index (χ4n) is 2.80. The minimum absolute atomic E-state index is 0. The minimum Gasteiger partial charge on any atom is -0.184 e. The number of halogens is 2. The molecule has 4 aliphatic carbocycles. The maximum atomic E-state index is 3.14. The van der Waals surface area contributed by atoms with Gasteiger partial charge in [-0.05, 0) is 0 Å². The Morgan fingerprint density at radius 3 is 1.03 bits per heavy atom. The van der Waals surface area contributed by atoms with Gasteiger partial charge in [-0.15, -0.1) is 84.5 Å². The Morgan fingerprint density at radius 2 is 0.722 bits per heavy atom. The average Bonchev–Trinajstić information content (AvgIpc) is 3.44. The molecule has 2 aromatic carbocycles. The van der Waals surface area contributed by atoms with Crippen molar-refractivity contribution < 1.29 is 23.3 Å². The topological polar surface area (TPSA) is 0 Å². The van der Waals surface area contributed by atoms with Gasteiger partial charge in [0.15, 0.2) is 0 Å². The predicted molar refractivity (Wildman–Crippen MR) is 157 cm³/mol. The number of benzene rings is 2. The van der Waals surface area contributed by atoms with Crippen LogP contribution in [0, 0.1) is 24.3 Å². The summed E-state index contributed by atoms with van der Waals surface area (Å²) in [5.74, 6) is 0. The van der Waals surface area contributed by atoms with E-state index in [0.29, 0.717) is 0 Å². The summed E-state index contributed by atoms with van der Waals surface area (Å²) in [6.45, 7) is 1.95. The number of hydrogen-bond acceptors (Lipinski definition) is 0. The molecule has 0 saturated carbocycles. The van der Waals surface area contributed by atoms with Gasteiger partial charge in [0.1, 0.15) is 0 Å². The van der Waals surface area contributed by atoms with E-state index >= 15 is 0 Å². The summed E-state index contributed by atoms with van der Waals surface area (Å²) in [7, 11) is 0. The Kier molecular flexibility index (Phi) is 21.4. The molecule has 36 heavy (non-hydrogen) atoms. The molecule has 6 rings (SSSR count). The van der Waals surface area contributed by atoms with Crippen LogP contribution in [0.25, 0.3) is 22.3 Å². The molecule has 0 aliphatic heterocycles. The molecule has 0 atom stereocenters. The first-order valence-corrected chi connectivity index (χ1v) is 16.7. The maximum absolute atomic E-state index is 3.14. The molecule has 0 heterocycles. The van der Waals surface area contributed by atoms with Crippen molar-refractivity contribution in [2.45, 2.75) is 0 Å². The fraction of sp³-hybridized carbons (Fsp3) is 0. The fourth-order valence-corrected chi connectivity index (χ4v) is 2.80. The van der Waals surface area contributed by atoms with Crippen LogP contribution in [0.3, 0.4) is 0 Å². The summed E-state index contributed by atoms with van der Waals surface area (Å²) in [5.41, 5.74) is 4.88. The van der Waals surface area contributed by atoms with Crippen molar-refractivity contribution in [1.82, 2.24) is 0 Å². The van der Waals surface area contributed by atoms with E-state index in [1.807, 2.05) is 116 Å². The number of rotatable bonds is 0. The Morgan fingerprint density at radius 1 is 0.389 bits per heavy atom. The zero-order valence-corrected chi connectivity index (χ0v) is 25.4. The SMILES string of the molecule is Cl.Cl.[SiH2]=[Zr].[c-]1ccc2cccccc1-2.[c-]1ccc2cccccc1-2.[c-]1ccccc1.[c-]1ccccc1. The summed E-state index contributed by atoms with van der Waals surface area (Å²) in [6, 6.07) is 59.8. The van der Waals surface area contributed by atoms with Crippen LogP contribution in [0.15, 0.2) is 146 Å². The van der Waals surface area contributed by atoms with E-state index in [2.05, 4.69) is 60.7 Å². The molecule has 0 bridgehead atoms. The molecule has 0 spiro atoms. The van der Waals surface area contributed by atoms with Gasteiger partial charge < -0.3 is 0 Å². The van der Waals surface area contributed by atoms with Crippen molar-refractivity contribution in [3.05, 3.63) is 170 Å². The Labute approximate surface area is 245 Å². The molecule has 0 unspecified atom stereocenters. The minimum atomic E-state index is 0. The van der Waals surface area contributed by atoms with Crippen LogP contribution in [-0.4, -0.2) is 6.88 Å². The van der Waals surface area contributed by atoms with Crippen molar-refractivity contribution in [3.8, 4) is 22.3 Å². The quantitative estimate of drug-likeness (QED) is 0.122. The van der Waals surface area contributed by atoms with Gasteiger partial charge in [-0.1, -0.05) is 24.3 Å². The second-order valence-corrected chi connectivity index (χ2v) is 6.67. The zero-order chi connectivity index (χ0) is 24.1. The van der Waals surface area contributed by atoms with E-state index in [1.165, 1.54) is 22.3 Å². The molecule has 0 aromatic heterocycles. The van der Waals surface area contributed by atoms with E-state index in [1.54, 1.807) is 23.3 Å². The molecule has 4 heteroatoms. The largest absolute Gasteiger partial charge is 0.184 e. The second-order valence-electron chi connectivity index (χ2n) is 6.67. The van der Waals surface area contributed by atoms with Gasteiger partial charge in [0.05, 0.1) is 0 Å². The Hall–Kier alpha value is -2.48. The summed E-state index contributed by atoms with van der Waals surface area (Å²) in [5, 5.41) is 0. The van der Waals surface area contributed by atoms with E-state index in [4.69, 9.17) is 0 Å². The summed E-state index contributed by atoms with van der Waals surface area (Å²) < 4.78 is 0. The normalized spacial score (nSPS) is 8.31. The molecular formula is C32H28Cl2SiZr-4. The van der Waals surface area contributed by atoms with Gasteiger partial charge in [0.2, 0.25) is 0 Å². The van der Waals surface area contributed by atoms with Crippen LogP contribution in [0.5, 0.6) is 0 Å². The van der Waals surface area contributed by atoms with Gasteiger partial charge in [0.25, 0.3) is 0 Å². The zero-order valence-electron chi connectivity index (χ0n) is 19.9. The summed E-state index contributed by atoms with van der Waals surface area (Å²) in [6.07, 6.45) is 0. The molecular weight excluding hydrogens is 575 g/mol. The molecule has 182 valence electrons. The molecule has 0 fully saturated rings. The van der Waals surface area contributed by atoms with Crippen LogP contribution in [0.1, 0.15) is 0 Å². The van der Waals surface area contributed by atoms with E-state index in [0.717, 1.165) is 0 Å². The van der Waals surface area contributed by atoms with Crippen LogP contribution in [0.2, 0.25) is 0 Å². The summed E-state index contributed by atoms with van der Waals surface area (Å²) in [4.78, 5) is 0. The van der Waals surface area contributed by atoms with Crippen LogP contribution in [-0.2, 0) is 23.3 Å².